The van der Waals surface area contributed by atoms with Crippen LogP contribution < -0.4 is 5.32 Å². The molecule has 1 amide bonds. The topological polar surface area (TPSA) is 73.5 Å². The minimum atomic E-state index is -0.0624. The number of H-pyrrole nitrogens is 1. The van der Waals surface area contributed by atoms with Gasteiger partial charge < -0.3 is 15.0 Å². The van der Waals surface area contributed by atoms with E-state index in [1.165, 1.54) is 33.3 Å². The van der Waals surface area contributed by atoms with Gasteiger partial charge in [0.05, 0.1) is 25.5 Å². The molecule has 0 saturated carbocycles. The third kappa shape index (κ3) is 6.42. The van der Waals surface area contributed by atoms with Gasteiger partial charge in [-0.15, -0.1) is 0 Å². The smallest absolute Gasteiger partial charge is 0.234 e. The van der Waals surface area contributed by atoms with E-state index in [1.807, 2.05) is 0 Å². The number of rotatable bonds is 8. The average molecular weight is 546 g/mol. The Morgan fingerprint density at radius 1 is 1.07 bits per heavy atom. The molecule has 5 rings (SSSR count). The van der Waals surface area contributed by atoms with Gasteiger partial charge in [0.15, 0.2) is 0 Å². The molecule has 4 heterocycles. The van der Waals surface area contributed by atoms with Crippen molar-refractivity contribution in [3.8, 4) is 11.3 Å². The highest BCUT2D eigenvalue weighted by Gasteiger charge is 2.29. The first-order valence-electron chi connectivity index (χ1n) is 15.0. The average Bonchev–Trinajstić information content (AvgIpc) is 3.32. The number of nitrogens with zero attached hydrogens (tertiary/aromatic N) is 3. The number of morpholine rings is 1. The SMILES string of the molecule is Cc1cc(-c2[nH]c3ccc(C4CCN(CC(=O)NCC(C)(C)N5CCOCC5)CC4)cc3c2C(C)C)cc(C)n1. The fraction of sp³-hybridized carbons (Fsp3) is 0.576. The zero-order valence-corrected chi connectivity index (χ0v) is 25.3. The summed E-state index contributed by atoms with van der Waals surface area (Å²) in [4.78, 5) is 25.8. The molecule has 0 radical (unpaired) electrons. The summed E-state index contributed by atoms with van der Waals surface area (Å²) in [6.45, 7) is 19.5. The Morgan fingerprint density at radius 3 is 2.40 bits per heavy atom. The number of amides is 1. The molecular weight excluding hydrogens is 498 g/mol. The summed E-state index contributed by atoms with van der Waals surface area (Å²) < 4.78 is 5.49. The summed E-state index contributed by atoms with van der Waals surface area (Å²) in [7, 11) is 0. The van der Waals surface area contributed by atoms with Crippen LogP contribution in [0.4, 0.5) is 0 Å². The molecule has 0 atom stereocenters. The van der Waals surface area contributed by atoms with Crippen LogP contribution in [-0.2, 0) is 9.53 Å². The number of likely N-dealkylation sites (tertiary alicyclic amines) is 1. The molecule has 1 aromatic carbocycles. The van der Waals surface area contributed by atoms with E-state index in [4.69, 9.17) is 4.74 Å². The van der Waals surface area contributed by atoms with Crippen molar-refractivity contribution < 1.29 is 9.53 Å². The molecule has 2 aliphatic rings. The number of aromatic nitrogens is 2. The molecule has 2 saturated heterocycles. The van der Waals surface area contributed by atoms with Gasteiger partial charge in [0, 0.05) is 53.0 Å². The van der Waals surface area contributed by atoms with Gasteiger partial charge in [0.25, 0.3) is 0 Å². The standard InChI is InChI=1S/C33H47N5O2/c1-22(2)31-28-19-26(7-8-29(28)36-32(31)27-17-23(3)35-24(4)18-27)25-9-11-37(12-10-25)20-30(39)34-21-33(5,6)38-13-15-40-16-14-38/h7-8,17-19,22,25,36H,9-16,20-21H2,1-6H3,(H,34,39). The van der Waals surface area contributed by atoms with E-state index < -0.39 is 0 Å². The molecule has 7 nitrogen and oxygen atoms in total. The molecule has 3 aromatic rings. The van der Waals surface area contributed by atoms with Crippen LogP contribution >= 0.6 is 0 Å². The van der Waals surface area contributed by atoms with E-state index in [0.29, 0.717) is 24.9 Å². The molecule has 0 bridgehead atoms. The lowest BCUT2D eigenvalue weighted by molar-refractivity contribution is -0.123. The number of piperidine rings is 1. The van der Waals surface area contributed by atoms with Crippen molar-refractivity contribution in [2.24, 2.45) is 0 Å². The lowest BCUT2D eigenvalue weighted by atomic mass is 9.87. The van der Waals surface area contributed by atoms with Gasteiger partial charge in [-0.05, 0) is 101 Å². The Bertz CT molecular complexity index is 1310. The predicted octanol–water partition coefficient (Wildman–Crippen LogP) is 5.38. The lowest BCUT2D eigenvalue weighted by Gasteiger charge is -2.41. The minimum Gasteiger partial charge on any atom is -0.379 e. The summed E-state index contributed by atoms with van der Waals surface area (Å²) in [5, 5.41) is 4.53. The Morgan fingerprint density at radius 2 is 1.75 bits per heavy atom. The van der Waals surface area contributed by atoms with Crippen LogP contribution in [0.3, 0.4) is 0 Å². The number of pyridine rings is 1. The van der Waals surface area contributed by atoms with Crippen molar-refractivity contribution in [1.82, 2.24) is 25.1 Å². The molecule has 0 aliphatic carbocycles. The number of ether oxygens (including phenoxy) is 1. The molecule has 2 N–H and O–H groups in total. The molecule has 2 aliphatic heterocycles. The summed E-state index contributed by atoms with van der Waals surface area (Å²) in [6, 6.07) is 11.3. The van der Waals surface area contributed by atoms with Crippen LogP contribution in [0.1, 0.15) is 74.9 Å². The Kier molecular flexibility index (Phi) is 8.64. The first kappa shape index (κ1) is 28.8. The highest BCUT2D eigenvalue weighted by molar-refractivity contribution is 5.92. The van der Waals surface area contributed by atoms with Crippen molar-refractivity contribution in [3.63, 3.8) is 0 Å². The van der Waals surface area contributed by atoms with E-state index in [2.05, 4.69) is 97.0 Å². The summed E-state index contributed by atoms with van der Waals surface area (Å²) in [6.07, 6.45) is 2.16. The van der Waals surface area contributed by atoms with Crippen molar-refractivity contribution in [2.75, 3.05) is 52.5 Å². The number of nitrogens with one attached hydrogen (secondary N) is 2. The summed E-state index contributed by atoms with van der Waals surface area (Å²) in [5.74, 6) is 1.05. The molecular formula is C33H47N5O2. The molecule has 216 valence electrons. The Balaban J connectivity index is 1.22. The van der Waals surface area contributed by atoms with Crippen molar-refractivity contribution >= 4 is 16.8 Å². The molecule has 40 heavy (non-hydrogen) atoms. The molecule has 0 unspecified atom stereocenters. The largest absolute Gasteiger partial charge is 0.379 e. The third-order valence-electron chi connectivity index (χ3n) is 8.82. The van der Waals surface area contributed by atoms with Crippen LogP contribution in [0.5, 0.6) is 0 Å². The van der Waals surface area contributed by atoms with Crippen LogP contribution in [0.25, 0.3) is 22.2 Å². The predicted molar refractivity (Wildman–Crippen MR) is 163 cm³/mol. The normalized spacial score (nSPS) is 18.1. The van der Waals surface area contributed by atoms with E-state index in [0.717, 1.165) is 63.6 Å². The minimum absolute atomic E-state index is 0.0624. The second kappa shape index (κ2) is 12.0. The number of carbonyl (C=O) groups excluding carboxylic acids is 1. The van der Waals surface area contributed by atoms with E-state index in [9.17, 15) is 4.79 Å². The number of aryl methyl sites for hydroxylation is 2. The number of carbonyl (C=O) groups is 1. The fourth-order valence-corrected chi connectivity index (χ4v) is 6.57. The van der Waals surface area contributed by atoms with E-state index in [1.54, 1.807) is 0 Å². The quantitative estimate of drug-likeness (QED) is 0.398. The van der Waals surface area contributed by atoms with Gasteiger partial charge in [-0.2, -0.15) is 0 Å². The lowest BCUT2D eigenvalue weighted by Crippen LogP contribution is -2.56. The van der Waals surface area contributed by atoms with Gasteiger partial charge in [0.1, 0.15) is 0 Å². The Labute approximate surface area is 239 Å². The van der Waals surface area contributed by atoms with Crippen LogP contribution in [0.15, 0.2) is 30.3 Å². The maximum atomic E-state index is 12.8. The monoisotopic (exact) mass is 545 g/mol. The number of hydrogen-bond acceptors (Lipinski definition) is 5. The van der Waals surface area contributed by atoms with Gasteiger partial charge >= 0.3 is 0 Å². The molecule has 2 aromatic heterocycles. The molecule has 0 spiro atoms. The number of aromatic amines is 1. The zero-order valence-electron chi connectivity index (χ0n) is 25.3. The fourth-order valence-electron chi connectivity index (χ4n) is 6.57. The van der Waals surface area contributed by atoms with E-state index in [-0.39, 0.29) is 11.4 Å². The summed E-state index contributed by atoms with van der Waals surface area (Å²) >= 11 is 0. The molecule has 7 heteroatoms. The first-order valence-corrected chi connectivity index (χ1v) is 15.0. The number of hydrogen-bond donors (Lipinski definition) is 2. The summed E-state index contributed by atoms with van der Waals surface area (Å²) in [5.41, 5.74) is 8.46. The first-order chi connectivity index (χ1) is 19.1. The van der Waals surface area contributed by atoms with Crippen molar-refractivity contribution in [1.29, 1.82) is 0 Å². The third-order valence-corrected chi connectivity index (χ3v) is 8.82. The van der Waals surface area contributed by atoms with Crippen molar-refractivity contribution in [2.45, 2.75) is 71.8 Å². The highest BCUT2D eigenvalue weighted by atomic mass is 16.5. The van der Waals surface area contributed by atoms with Crippen LogP contribution in [-0.4, -0.2) is 83.7 Å². The maximum Gasteiger partial charge on any atom is 0.234 e. The maximum absolute atomic E-state index is 12.8. The number of benzene rings is 1. The van der Waals surface area contributed by atoms with Crippen LogP contribution in [0.2, 0.25) is 0 Å². The van der Waals surface area contributed by atoms with Gasteiger partial charge in [-0.3, -0.25) is 19.6 Å². The second-order valence-electron chi connectivity index (χ2n) is 12.8. The zero-order chi connectivity index (χ0) is 28.4. The van der Waals surface area contributed by atoms with Gasteiger partial charge in [0.2, 0.25) is 5.91 Å². The van der Waals surface area contributed by atoms with Crippen molar-refractivity contribution in [3.05, 3.63) is 52.8 Å². The van der Waals surface area contributed by atoms with Crippen LogP contribution in [0, 0.1) is 13.8 Å². The van der Waals surface area contributed by atoms with Gasteiger partial charge in [-0.25, -0.2) is 0 Å². The van der Waals surface area contributed by atoms with E-state index >= 15 is 0 Å². The molecule has 2 fully saturated rings. The number of fused-ring (bicyclic) bond motifs is 1. The second-order valence-corrected chi connectivity index (χ2v) is 12.8. The Hall–Kier alpha value is -2.74. The highest BCUT2D eigenvalue weighted by Crippen LogP contribution is 2.38. The van der Waals surface area contributed by atoms with Gasteiger partial charge in [-0.1, -0.05) is 19.9 Å².